The number of fused-ring (bicyclic) bond motifs is 3. The number of amides is 3. The van der Waals surface area contributed by atoms with Crippen molar-refractivity contribution in [2.24, 2.45) is 41.2 Å². The number of carboxylic acid groups (broad SMARTS) is 2. The summed E-state index contributed by atoms with van der Waals surface area (Å²) >= 11 is 0.947. The van der Waals surface area contributed by atoms with Crippen molar-refractivity contribution in [3.8, 4) is 0 Å². The SMILES string of the molecule is CO[C@H]1C[C@H]2CC[C@@H](C)[C@@H](O2)C(=O)C(=O)N2CCCC[C@H]2C(=O)OC([C@H](C)C[C@@H]2CC[C@@H](OC(=O)CSC[C@H](NC(=O)CC[C@H](N)C(=O)O)C(=O)NCC(=O)O)[C@H](OC)C2)CC(=O)[C@H](C)/C=C(\C)[C@@H](O)[C@@H](OC)C(=O)[C@H](C)C[C@@H](C)\C=C/C=C/C=C/1C. The summed E-state index contributed by atoms with van der Waals surface area (Å²) < 4.78 is 36.0. The number of allylic oxidation sites excluding steroid dienone is 6. The zero-order valence-corrected chi connectivity index (χ0v) is 53.1. The van der Waals surface area contributed by atoms with Crippen molar-refractivity contribution in [1.29, 1.82) is 0 Å². The highest BCUT2D eigenvalue weighted by atomic mass is 32.2. The van der Waals surface area contributed by atoms with Gasteiger partial charge in [-0.05, 0) is 119 Å². The van der Waals surface area contributed by atoms with Crippen LogP contribution < -0.4 is 16.4 Å². The van der Waals surface area contributed by atoms with E-state index in [2.05, 4.69) is 10.6 Å². The molecular weight excluding hydrogens is 1150 g/mol. The fourth-order valence-corrected chi connectivity index (χ4v) is 12.6. The largest absolute Gasteiger partial charge is 0.480 e. The van der Waals surface area contributed by atoms with Crippen molar-refractivity contribution in [3.05, 3.63) is 47.6 Å². The highest BCUT2D eigenvalue weighted by Gasteiger charge is 2.45. The Labute approximate surface area is 516 Å². The van der Waals surface area contributed by atoms with Crippen molar-refractivity contribution >= 4 is 70.7 Å². The third kappa shape index (κ3) is 23.4. The van der Waals surface area contributed by atoms with Crippen LogP contribution in [-0.4, -0.2) is 192 Å². The average Bonchev–Trinajstić information content (AvgIpc) is 1.47. The fourth-order valence-electron chi connectivity index (χ4n) is 11.8. The Bertz CT molecular complexity index is 2500. The Balaban J connectivity index is 1.57. The first-order chi connectivity index (χ1) is 41.2. The van der Waals surface area contributed by atoms with Crippen molar-refractivity contribution in [2.75, 3.05) is 45.9 Å². The maximum absolute atomic E-state index is 14.7. The first-order valence-electron chi connectivity index (χ1n) is 30.5. The summed E-state index contributed by atoms with van der Waals surface area (Å²) in [6.07, 6.45) is 8.97. The number of aliphatic hydroxyl groups excluding tert-OH is 1. The van der Waals surface area contributed by atoms with Crippen molar-refractivity contribution in [1.82, 2.24) is 15.5 Å². The summed E-state index contributed by atoms with van der Waals surface area (Å²) in [5, 5.41) is 34.4. The van der Waals surface area contributed by atoms with Crippen LogP contribution in [0.2, 0.25) is 0 Å². The lowest BCUT2D eigenvalue weighted by molar-refractivity contribution is -0.170. The van der Waals surface area contributed by atoms with E-state index < -0.39 is 133 Å². The number of esters is 2. The summed E-state index contributed by atoms with van der Waals surface area (Å²) in [5.74, 6) is -10.4. The second kappa shape index (κ2) is 36.8. The molecule has 488 valence electrons. The van der Waals surface area contributed by atoms with Crippen LogP contribution in [0, 0.1) is 35.5 Å². The number of nitrogens with two attached hydrogens (primary N) is 1. The maximum Gasteiger partial charge on any atom is 0.329 e. The van der Waals surface area contributed by atoms with E-state index in [0.29, 0.717) is 69.8 Å². The van der Waals surface area contributed by atoms with E-state index in [1.807, 2.05) is 58.1 Å². The number of aliphatic hydroxyl groups is 1. The number of methoxy groups -OCH3 is 3. The number of ether oxygens (including phenoxy) is 6. The van der Waals surface area contributed by atoms with Crippen LogP contribution in [-0.2, 0) is 76.4 Å². The van der Waals surface area contributed by atoms with Gasteiger partial charge >= 0.3 is 23.9 Å². The lowest BCUT2D eigenvalue weighted by Gasteiger charge is -2.39. The number of carbonyl (C=O) groups is 10. The number of aliphatic carboxylic acids is 2. The number of thioether (sulfide) groups is 1. The Morgan fingerprint density at radius 3 is 2.25 bits per heavy atom. The molecule has 0 aromatic rings. The number of cyclic esters (lactones) is 1. The van der Waals surface area contributed by atoms with E-state index in [1.165, 1.54) is 19.1 Å². The number of hydrogen-bond acceptors (Lipinski definition) is 19. The molecule has 3 heterocycles. The quantitative estimate of drug-likeness (QED) is 0.0561. The van der Waals surface area contributed by atoms with E-state index in [-0.39, 0.29) is 79.2 Å². The summed E-state index contributed by atoms with van der Waals surface area (Å²) in [7, 11) is 4.44. The number of hydrogen-bond donors (Lipinski definition) is 6. The molecule has 1 unspecified atom stereocenters. The van der Waals surface area contributed by atoms with Crippen LogP contribution in [0.15, 0.2) is 47.6 Å². The van der Waals surface area contributed by atoms with Crippen LogP contribution >= 0.6 is 11.8 Å². The average molecular weight is 1250 g/mol. The second-order valence-corrected chi connectivity index (χ2v) is 25.2. The number of nitrogens with zero attached hydrogens (tertiary/aromatic N) is 1. The lowest BCUT2D eigenvalue weighted by atomic mass is 9.78. The van der Waals surface area contributed by atoms with Crippen molar-refractivity contribution in [2.45, 2.75) is 205 Å². The summed E-state index contributed by atoms with van der Waals surface area (Å²) in [4.78, 5) is 134. The topological polar surface area (TPSA) is 340 Å². The molecule has 3 fully saturated rings. The predicted octanol–water partition coefficient (Wildman–Crippen LogP) is 5.02. The van der Waals surface area contributed by atoms with E-state index in [9.17, 15) is 53.1 Å². The van der Waals surface area contributed by atoms with Gasteiger partial charge in [-0.3, -0.25) is 43.2 Å². The minimum atomic E-state index is -1.38. The van der Waals surface area contributed by atoms with Gasteiger partial charge in [0.1, 0.15) is 61.0 Å². The molecule has 17 atom stereocenters. The third-order valence-corrected chi connectivity index (χ3v) is 18.1. The van der Waals surface area contributed by atoms with Crippen LogP contribution in [0.5, 0.6) is 0 Å². The summed E-state index contributed by atoms with van der Waals surface area (Å²) in [6.45, 7) is 12.1. The predicted molar refractivity (Wildman–Crippen MR) is 323 cm³/mol. The number of carbonyl (C=O) groups excluding carboxylic acids is 8. The van der Waals surface area contributed by atoms with Crippen LogP contribution in [0.4, 0.5) is 0 Å². The Hall–Kier alpha value is -5.63. The van der Waals surface area contributed by atoms with Crippen molar-refractivity contribution in [3.63, 3.8) is 0 Å². The first-order valence-corrected chi connectivity index (χ1v) is 31.6. The molecule has 4 rings (SSSR count). The van der Waals surface area contributed by atoms with E-state index >= 15 is 0 Å². The van der Waals surface area contributed by atoms with Gasteiger partial charge in [-0.25, -0.2) is 4.79 Å². The highest BCUT2D eigenvalue weighted by molar-refractivity contribution is 8.00. The van der Waals surface area contributed by atoms with E-state index in [1.54, 1.807) is 34.0 Å². The molecule has 24 heteroatoms. The van der Waals surface area contributed by atoms with Gasteiger partial charge in [0.05, 0.1) is 24.1 Å². The number of rotatable bonds is 19. The molecule has 87 heavy (non-hydrogen) atoms. The Morgan fingerprint density at radius 1 is 0.862 bits per heavy atom. The highest BCUT2D eigenvalue weighted by Crippen LogP contribution is 2.36. The number of nitrogens with one attached hydrogen (secondary N) is 2. The number of piperidine rings is 1. The normalized spacial score (nSPS) is 32.7. The van der Waals surface area contributed by atoms with Gasteiger partial charge in [0.15, 0.2) is 5.78 Å². The van der Waals surface area contributed by atoms with Gasteiger partial charge in [0, 0.05) is 64.7 Å². The zero-order chi connectivity index (χ0) is 64.7. The van der Waals surface area contributed by atoms with Crippen molar-refractivity contribution < 1.29 is 91.7 Å². The van der Waals surface area contributed by atoms with Gasteiger partial charge in [-0.1, -0.05) is 71.1 Å². The molecule has 1 saturated carbocycles. The molecule has 2 bridgehead atoms. The Morgan fingerprint density at radius 2 is 1.59 bits per heavy atom. The fraction of sp³-hybridized carbons (Fsp3) is 0.714. The number of carboxylic acids is 2. The molecule has 0 aromatic carbocycles. The van der Waals surface area contributed by atoms with Crippen LogP contribution in [0.25, 0.3) is 0 Å². The van der Waals surface area contributed by atoms with E-state index in [4.69, 9.17) is 44.4 Å². The summed E-state index contributed by atoms with van der Waals surface area (Å²) in [5.41, 5.74) is 6.76. The minimum Gasteiger partial charge on any atom is -0.480 e. The number of ketones is 3. The van der Waals surface area contributed by atoms with Gasteiger partial charge in [0.25, 0.3) is 5.91 Å². The second-order valence-electron chi connectivity index (χ2n) is 24.1. The maximum atomic E-state index is 14.7. The van der Waals surface area contributed by atoms with Gasteiger partial charge in [-0.15, -0.1) is 11.8 Å². The molecule has 1 aliphatic carbocycles. The molecule has 0 aromatic heterocycles. The smallest absolute Gasteiger partial charge is 0.329 e. The molecule has 23 nitrogen and oxygen atoms in total. The monoisotopic (exact) mass is 1240 g/mol. The zero-order valence-electron chi connectivity index (χ0n) is 52.3. The first kappa shape index (κ1) is 73.8. The van der Waals surface area contributed by atoms with Gasteiger partial charge in [-0.2, -0.15) is 0 Å². The molecule has 0 radical (unpaired) electrons. The molecule has 2 saturated heterocycles. The van der Waals surface area contributed by atoms with E-state index in [0.717, 1.165) is 17.3 Å². The lowest BCUT2D eigenvalue weighted by Crippen LogP contribution is -2.55. The molecular formula is C63H96N4O19S. The van der Waals surface area contributed by atoms with Crippen LogP contribution in [0.1, 0.15) is 138 Å². The molecule has 4 aliphatic rings. The summed E-state index contributed by atoms with van der Waals surface area (Å²) in [6, 6.07) is -3.73. The third-order valence-electron chi connectivity index (χ3n) is 17.1. The molecule has 0 spiro atoms. The minimum absolute atomic E-state index is 0.0104. The van der Waals surface area contributed by atoms with Gasteiger partial charge in [0.2, 0.25) is 17.6 Å². The number of Topliss-reactive ketones (excluding diaryl/α,β-unsaturated/α-hetero) is 3. The molecule has 3 amide bonds. The molecule has 3 aliphatic heterocycles. The van der Waals surface area contributed by atoms with Crippen LogP contribution in [0.3, 0.4) is 0 Å². The van der Waals surface area contributed by atoms with Gasteiger partial charge < -0.3 is 65.0 Å². The standard InChI is InChI=1S/C63H96N4O19S/c1-35-16-12-11-13-17-36(2)49(81-8)30-43-21-19-37(3)58(84-43)57(75)61(77)67-25-15-14-18-46(67)63(80)86-50(31-47(68)38(4)27-41(7)56(74)59(83-10)55(73)40(6)26-35)39(5)28-42-20-23-48(51(29-42)82-9)85-54(72)34-87-33-45(60(76)65-32-53(70)71)66-52(69)24-22-44(64)62(78)79/h11-13,16-17,27,35,37-40,42-46,48-51,56,58-59,74H,14-15,18-26,28-34,64H2,1-10H3,(H,65,76)(H,66,69)(H,70,71)(H,78,79)/b13-11+,16-12-,36-17+,41-27+/t35-,37+,38+,39+,40+,42-,43+,44-,45-,46-,48+,49-,50?,51+,56+,58+,59-/m0/s1. The molecule has 7 N–H and O–H groups in total. The Kier molecular flexibility index (Phi) is 31.2.